The van der Waals surface area contributed by atoms with E-state index in [4.69, 9.17) is 27.9 Å². The van der Waals surface area contributed by atoms with Crippen molar-refractivity contribution in [1.82, 2.24) is 0 Å². The third-order valence-corrected chi connectivity index (χ3v) is 3.17. The monoisotopic (exact) mass is 381 g/mol. The molecule has 0 heterocycles. The topological polar surface area (TPSA) is 61.6 Å². The van der Waals surface area contributed by atoms with E-state index in [1.807, 2.05) is 0 Å². The lowest BCUT2D eigenvalue weighted by Gasteiger charge is -2.12. The highest BCUT2D eigenvalue weighted by molar-refractivity contribution is 6.35. The lowest BCUT2D eigenvalue weighted by Crippen LogP contribution is -2.19. The average molecular weight is 382 g/mol. The third kappa shape index (κ3) is 4.90. The van der Waals surface area contributed by atoms with Gasteiger partial charge in [0.15, 0.2) is 6.61 Å². The van der Waals surface area contributed by atoms with Gasteiger partial charge in [0.2, 0.25) is 5.75 Å². The van der Waals surface area contributed by atoms with E-state index in [9.17, 15) is 23.3 Å². The molecule has 2 aromatic rings. The second kappa shape index (κ2) is 7.14. The number of nitro groups is 1. The van der Waals surface area contributed by atoms with Crippen LogP contribution < -0.4 is 9.47 Å². The van der Waals surface area contributed by atoms with Crippen LogP contribution in [0.2, 0.25) is 10.0 Å². The van der Waals surface area contributed by atoms with Crippen molar-refractivity contribution in [3.8, 4) is 17.2 Å². The molecule has 0 aliphatic carbocycles. The van der Waals surface area contributed by atoms with Crippen molar-refractivity contribution >= 4 is 28.9 Å². The van der Waals surface area contributed by atoms with Gasteiger partial charge in [-0.15, -0.1) is 0 Å². The van der Waals surface area contributed by atoms with Gasteiger partial charge < -0.3 is 9.47 Å². The largest absolute Gasteiger partial charge is 0.477 e. The van der Waals surface area contributed by atoms with Crippen molar-refractivity contribution in [2.45, 2.75) is 6.18 Å². The van der Waals surface area contributed by atoms with Crippen LogP contribution in [0.15, 0.2) is 36.4 Å². The summed E-state index contributed by atoms with van der Waals surface area (Å²) < 4.78 is 46.7. The number of nitro benzene ring substituents is 1. The molecule has 0 amide bonds. The minimum atomic E-state index is -4.63. The minimum absolute atomic E-state index is 0.0157. The maximum Gasteiger partial charge on any atom is 0.422 e. The smallest absolute Gasteiger partial charge is 0.422 e. The summed E-state index contributed by atoms with van der Waals surface area (Å²) in [6, 6.07) is 7.52. The number of hydrogen-bond acceptors (Lipinski definition) is 4. The van der Waals surface area contributed by atoms with E-state index in [-0.39, 0.29) is 16.5 Å². The Morgan fingerprint density at radius 1 is 1.08 bits per heavy atom. The van der Waals surface area contributed by atoms with Crippen LogP contribution in [0.25, 0.3) is 0 Å². The summed E-state index contributed by atoms with van der Waals surface area (Å²) in [4.78, 5) is 10.0. The average Bonchev–Trinajstić information content (AvgIpc) is 2.47. The molecule has 0 spiro atoms. The van der Waals surface area contributed by atoms with Gasteiger partial charge in [-0.05, 0) is 24.3 Å². The zero-order valence-electron chi connectivity index (χ0n) is 11.6. The standard InChI is InChI=1S/C14H8Cl2F3NO4/c15-8-1-4-12(10(16)5-8)24-9-2-3-11(20(21)22)13(6-9)23-7-14(17,18)19/h1-6H,7H2. The molecular formula is C14H8Cl2F3NO4. The molecule has 0 unspecified atom stereocenters. The molecule has 0 aromatic heterocycles. The molecule has 0 saturated heterocycles. The third-order valence-electron chi connectivity index (χ3n) is 2.64. The Bertz CT molecular complexity index is 768. The first-order valence-electron chi connectivity index (χ1n) is 6.26. The Hall–Kier alpha value is -2.19. The lowest BCUT2D eigenvalue weighted by molar-refractivity contribution is -0.386. The van der Waals surface area contributed by atoms with Crippen molar-refractivity contribution in [2.75, 3.05) is 6.61 Å². The number of ether oxygens (including phenoxy) is 2. The van der Waals surface area contributed by atoms with Gasteiger partial charge in [0, 0.05) is 17.2 Å². The van der Waals surface area contributed by atoms with Gasteiger partial charge in [-0.1, -0.05) is 23.2 Å². The zero-order valence-corrected chi connectivity index (χ0v) is 13.2. The van der Waals surface area contributed by atoms with Gasteiger partial charge >= 0.3 is 11.9 Å². The van der Waals surface area contributed by atoms with E-state index in [2.05, 4.69) is 4.74 Å². The van der Waals surface area contributed by atoms with Crippen molar-refractivity contribution < 1.29 is 27.6 Å². The highest BCUT2D eigenvalue weighted by Crippen LogP contribution is 2.36. The van der Waals surface area contributed by atoms with Crippen LogP contribution in [0.5, 0.6) is 17.2 Å². The number of alkyl halides is 3. The molecule has 2 rings (SSSR count). The molecular weight excluding hydrogens is 374 g/mol. The van der Waals surface area contributed by atoms with Crippen LogP contribution >= 0.6 is 23.2 Å². The fourth-order valence-electron chi connectivity index (χ4n) is 1.67. The molecule has 0 aliphatic heterocycles. The fraction of sp³-hybridized carbons (Fsp3) is 0.143. The molecule has 0 bridgehead atoms. The first-order chi connectivity index (χ1) is 11.2. The van der Waals surface area contributed by atoms with E-state index in [1.165, 1.54) is 24.3 Å². The van der Waals surface area contributed by atoms with Gasteiger partial charge in [-0.2, -0.15) is 13.2 Å². The summed E-state index contributed by atoms with van der Waals surface area (Å²) >= 11 is 11.7. The Morgan fingerprint density at radius 2 is 1.79 bits per heavy atom. The van der Waals surface area contributed by atoms with E-state index in [1.54, 1.807) is 0 Å². The Morgan fingerprint density at radius 3 is 2.38 bits per heavy atom. The van der Waals surface area contributed by atoms with Crippen LogP contribution in [-0.2, 0) is 0 Å². The van der Waals surface area contributed by atoms with Gasteiger partial charge in [-0.25, -0.2) is 0 Å². The number of hydrogen-bond donors (Lipinski definition) is 0. The van der Waals surface area contributed by atoms with E-state index in [0.717, 1.165) is 12.1 Å². The molecule has 0 radical (unpaired) electrons. The Balaban J connectivity index is 2.29. The Labute approximate surface area is 143 Å². The lowest BCUT2D eigenvalue weighted by atomic mass is 10.2. The van der Waals surface area contributed by atoms with E-state index < -0.39 is 29.1 Å². The normalized spacial score (nSPS) is 11.2. The van der Waals surface area contributed by atoms with Crippen molar-refractivity contribution in [3.05, 3.63) is 56.6 Å². The van der Waals surface area contributed by atoms with E-state index in [0.29, 0.717) is 5.02 Å². The molecule has 10 heteroatoms. The maximum absolute atomic E-state index is 12.3. The number of benzene rings is 2. The molecule has 24 heavy (non-hydrogen) atoms. The molecule has 0 fully saturated rings. The van der Waals surface area contributed by atoms with Crippen LogP contribution in [0, 0.1) is 10.1 Å². The summed E-state index contributed by atoms with van der Waals surface area (Å²) in [5.41, 5.74) is -0.617. The van der Waals surface area contributed by atoms with Crippen molar-refractivity contribution in [3.63, 3.8) is 0 Å². The number of nitrogens with zero attached hydrogens (tertiary/aromatic N) is 1. The second-order valence-corrected chi connectivity index (χ2v) is 5.31. The predicted octanol–water partition coefficient (Wildman–Crippen LogP) is 5.64. The fourth-order valence-corrected chi connectivity index (χ4v) is 2.12. The number of halogens is 5. The summed E-state index contributed by atoms with van der Waals surface area (Å²) in [5.74, 6) is -0.376. The zero-order chi connectivity index (χ0) is 17.9. The molecule has 128 valence electrons. The maximum atomic E-state index is 12.3. The molecule has 0 aliphatic rings. The van der Waals surface area contributed by atoms with Crippen LogP contribution in [0.4, 0.5) is 18.9 Å². The van der Waals surface area contributed by atoms with Gasteiger partial charge in [0.25, 0.3) is 0 Å². The highest BCUT2D eigenvalue weighted by atomic mass is 35.5. The first-order valence-corrected chi connectivity index (χ1v) is 7.02. The summed E-state index contributed by atoms with van der Waals surface area (Å²) in [7, 11) is 0. The van der Waals surface area contributed by atoms with E-state index >= 15 is 0 Å². The van der Waals surface area contributed by atoms with Crippen LogP contribution in [0.1, 0.15) is 0 Å². The summed E-state index contributed by atoms with van der Waals surface area (Å²) in [6.45, 7) is -1.67. The predicted molar refractivity (Wildman–Crippen MR) is 81.2 cm³/mol. The molecule has 0 saturated carbocycles. The Kier molecular flexibility index (Phi) is 5.40. The quantitative estimate of drug-likeness (QED) is 0.496. The molecule has 2 aromatic carbocycles. The minimum Gasteiger partial charge on any atom is -0.477 e. The molecule has 0 N–H and O–H groups in total. The van der Waals surface area contributed by atoms with Gasteiger partial charge in [0.1, 0.15) is 11.5 Å². The van der Waals surface area contributed by atoms with Crippen molar-refractivity contribution in [2.24, 2.45) is 0 Å². The first kappa shape index (κ1) is 18.2. The summed E-state index contributed by atoms with van der Waals surface area (Å²) in [5, 5.41) is 11.4. The summed E-state index contributed by atoms with van der Waals surface area (Å²) in [6.07, 6.45) is -4.63. The number of rotatable bonds is 5. The van der Waals surface area contributed by atoms with Crippen molar-refractivity contribution in [1.29, 1.82) is 0 Å². The van der Waals surface area contributed by atoms with Crippen LogP contribution in [-0.4, -0.2) is 17.7 Å². The second-order valence-electron chi connectivity index (χ2n) is 4.47. The highest BCUT2D eigenvalue weighted by Gasteiger charge is 2.30. The van der Waals surface area contributed by atoms with Crippen LogP contribution in [0.3, 0.4) is 0 Å². The van der Waals surface area contributed by atoms with Gasteiger partial charge in [0.05, 0.1) is 9.95 Å². The van der Waals surface area contributed by atoms with Gasteiger partial charge in [-0.3, -0.25) is 10.1 Å². The molecule has 0 atom stereocenters. The molecule has 5 nitrogen and oxygen atoms in total. The SMILES string of the molecule is O=[N+]([O-])c1ccc(Oc2ccc(Cl)cc2Cl)cc1OCC(F)(F)F.